The summed E-state index contributed by atoms with van der Waals surface area (Å²) in [6, 6.07) is 4.60. The number of rotatable bonds is 8. The molecule has 3 saturated heterocycles. The SMILES string of the molecule is C=CCN(C(=O)C1N(CCO)C(=O)[C@@H]2[C@@H](C(=O)OCC)[C@H]3CC(C)C12S3)c1c(C)cccc1Cl. The van der Waals surface area contributed by atoms with Crippen molar-refractivity contribution in [3.63, 3.8) is 0 Å². The third-order valence-electron chi connectivity index (χ3n) is 7.42. The number of aliphatic hydroxyl groups is 1. The number of nitrogens with zero attached hydrogens (tertiary/aromatic N) is 2. The number of carbonyl (C=O) groups is 3. The third-order valence-corrected chi connectivity index (χ3v) is 9.80. The van der Waals surface area contributed by atoms with Crippen LogP contribution in [0.25, 0.3) is 0 Å². The van der Waals surface area contributed by atoms with Crippen LogP contribution in [-0.4, -0.2) is 70.1 Å². The Balaban J connectivity index is 1.83. The molecule has 3 aliphatic heterocycles. The van der Waals surface area contributed by atoms with Crippen molar-refractivity contribution in [1.29, 1.82) is 0 Å². The molecule has 184 valence electrons. The number of halogens is 1. The zero-order chi connectivity index (χ0) is 24.8. The van der Waals surface area contributed by atoms with Crippen molar-refractivity contribution in [2.75, 3.05) is 31.2 Å². The third kappa shape index (κ3) is 3.57. The molecule has 0 aromatic heterocycles. The van der Waals surface area contributed by atoms with Gasteiger partial charge in [0, 0.05) is 18.3 Å². The summed E-state index contributed by atoms with van der Waals surface area (Å²) >= 11 is 8.12. The minimum absolute atomic E-state index is 0.0183. The van der Waals surface area contributed by atoms with Gasteiger partial charge in [-0.15, -0.1) is 18.3 Å². The van der Waals surface area contributed by atoms with Gasteiger partial charge in [-0.05, 0) is 37.8 Å². The van der Waals surface area contributed by atoms with Gasteiger partial charge in [0.05, 0.1) is 40.5 Å². The van der Waals surface area contributed by atoms with Crippen LogP contribution in [0.15, 0.2) is 30.9 Å². The molecule has 6 atom stereocenters. The summed E-state index contributed by atoms with van der Waals surface area (Å²) in [4.78, 5) is 44.1. The fraction of sp³-hybridized carbons (Fsp3) is 0.560. The predicted molar refractivity (Wildman–Crippen MR) is 133 cm³/mol. The Morgan fingerprint density at radius 1 is 1.44 bits per heavy atom. The van der Waals surface area contributed by atoms with E-state index in [1.807, 2.05) is 19.1 Å². The lowest BCUT2D eigenvalue weighted by Gasteiger charge is -2.40. The summed E-state index contributed by atoms with van der Waals surface area (Å²) in [5.74, 6) is -2.15. The Hall–Kier alpha value is -2.03. The van der Waals surface area contributed by atoms with E-state index in [9.17, 15) is 19.5 Å². The number of thioether (sulfide) groups is 1. The molecule has 34 heavy (non-hydrogen) atoms. The standard InChI is InChI=1S/C25H31ClN2O5S/c1-5-10-27(20-14(3)8-7-9-16(20)26)23(31)21-25-15(4)13-17(34-25)18(24(32)33-6-2)19(25)22(30)28(21)11-12-29/h5,7-9,15,17-19,21,29H,1,6,10-13H2,2-4H3/t15?,17-,18+,19+,21?,25?/m1/s1. The highest BCUT2D eigenvalue weighted by molar-refractivity contribution is 8.02. The Labute approximate surface area is 209 Å². The highest BCUT2D eigenvalue weighted by Gasteiger charge is 2.76. The second-order valence-corrected chi connectivity index (χ2v) is 11.2. The summed E-state index contributed by atoms with van der Waals surface area (Å²) < 4.78 is 4.57. The second kappa shape index (κ2) is 9.55. The van der Waals surface area contributed by atoms with Crippen molar-refractivity contribution in [3.8, 4) is 0 Å². The van der Waals surface area contributed by atoms with Crippen LogP contribution in [0.1, 0.15) is 25.8 Å². The van der Waals surface area contributed by atoms with E-state index in [0.717, 1.165) is 12.0 Å². The molecule has 2 bridgehead atoms. The van der Waals surface area contributed by atoms with Crippen molar-refractivity contribution in [2.24, 2.45) is 17.8 Å². The first-order chi connectivity index (χ1) is 16.2. The average molecular weight is 507 g/mol. The van der Waals surface area contributed by atoms with Crippen LogP contribution in [0.3, 0.4) is 0 Å². The molecule has 1 N–H and O–H groups in total. The monoisotopic (exact) mass is 506 g/mol. The van der Waals surface area contributed by atoms with Crippen LogP contribution in [0.5, 0.6) is 0 Å². The summed E-state index contributed by atoms with van der Waals surface area (Å²) in [5, 5.41) is 10.1. The fourth-order valence-electron chi connectivity index (χ4n) is 6.19. The number of β-amino-alcohol motifs (C(OH)–C–C–N with tert-alkyl or cyclic N) is 1. The lowest BCUT2D eigenvalue weighted by atomic mass is 9.66. The van der Waals surface area contributed by atoms with E-state index in [-0.39, 0.29) is 55.3 Å². The number of likely N-dealkylation sites (tertiary alicyclic amines) is 1. The summed E-state index contributed by atoms with van der Waals surface area (Å²) in [6.45, 7) is 9.69. The van der Waals surface area contributed by atoms with Gasteiger partial charge in [-0.1, -0.05) is 36.7 Å². The Morgan fingerprint density at radius 3 is 2.79 bits per heavy atom. The Morgan fingerprint density at radius 2 is 2.18 bits per heavy atom. The number of aliphatic hydroxyl groups excluding tert-OH is 1. The average Bonchev–Trinajstić information content (AvgIpc) is 3.37. The van der Waals surface area contributed by atoms with Gasteiger partial charge in [0.25, 0.3) is 5.91 Å². The molecule has 9 heteroatoms. The maximum absolute atomic E-state index is 14.4. The maximum atomic E-state index is 14.4. The van der Waals surface area contributed by atoms with Crippen molar-refractivity contribution >= 4 is 46.8 Å². The normalized spacial score (nSPS) is 31.5. The summed E-state index contributed by atoms with van der Waals surface area (Å²) in [5.41, 5.74) is 1.41. The van der Waals surface area contributed by atoms with Crippen LogP contribution in [0.4, 0.5) is 5.69 Å². The number of hydrogen-bond acceptors (Lipinski definition) is 6. The van der Waals surface area contributed by atoms with E-state index in [2.05, 4.69) is 13.5 Å². The van der Waals surface area contributed by atoms with Gasteiger partial charge in [-0.2, -0.15) is 0 Å². The summed E-state index contributed by atoms with van der Waals surface area (Å²) in [6.07, 6.45) is 2.36. The first-order valence-electron chi connectivity index (χ1n) is 11.7. The number of benzene rings is 1. The highest BCUT2D eigenvalue weighted by atomic mass is 35.5. The number of para-hydroxylation sites is 1. The number of amides is 2. The lowest BCUT2D eigenvalue weighted by Crippen LogP contribution is -2.57. The van der Waals surface area contributed by atoms with Gasteiger partial charge in [-0.3, -0.25) is 14.4 Å². The van der Waals surface area contributed by atoms with E-state index in [0.29, 0.717) is 10.7 Å². The molecule has 1 aromatic rings. The number of aryl methyl sites for hydroxylation is 1. The molecule has 0 aliphatic carbocycles. The largest absolute Gasteiger partial charge is 0.466 e. The van der Waals surface area contributed by atoms with E-state index >= 15 is 0 Å². The first-order valence-corrected chi connectivity index (χ1v) is 12.9. The van der Waals surface area contributed by atoms with Gasteiger partial charge in [0.15, 0.2) is 0 Å². The number of anilines is 1. The molecule has 2 amide bonds. The zero-order valence-corrected chi connectivity index (χ0v) is 21.3. The van der Waals surface area contributed by atoms with Crippen LogP contribution in [-0.2, 0) is 19.1 Å². The van der Waals surface area contributed by atoms with Crippen LogP contribution in [0, 0.1) is 24.7 Å². The molecule has 4 rings (SSSR count). The lowest BCUT2D eigenvalue weighted by molar-refractivity contribution is -0.154. The van der Waals surface area contributed by atoms with Crippen molar-refractivity contribution in [1.82, 2.24) is 4.90 Å². The van der Waals surface area contributed by atoms with E-state index in [4.69, 9.17) is 16.3 Å². The fourth-order valence-corrected chi connectivity index (χ4v) is 8.91. The quantitative estimate of drug-likeness (QED) is 0.431. The summed E-state index contributed by atoms with van der Waals surface area (Å²) in [7, 11) is 0. The maximum Gasteiger partial charge on any atom is 0.310 e. The van der Waals surface area contributed by atoms with Crippen molar-refractivity contribution < 1.29 is 24.2 Å². The van der Waals surface area contributed by atoms with E-state index in [1.165, 1.54) is 4.90 Å². The topological polar surface area (TPSA) is 87.2 Å². The Bertz CT molecular complexity index is 999. The number of ether oxygens (including phenoxy) is 1. The minimum Gasteiger partial charge on any atom is -0.466 e. The smallest absolute Gasteiger partial charge is 0.310 e. The first kappa shape index (κ1) is 25.1. The van der Waals surface area contributed by atoms with Gasteiger partial charge in [-0.25, -0.2) is 0 Å². The molecular weight excluding hydrogens is 476 g/mol. The number of carbonyl (C=O) groups excluding carboxylic acids is 3. The molecule has 3 unspecified atom stereocenters. The molecule has 1 spiro atoms. The molecule has 3 fully saturated rings. The molecule has 3 heterocycles. The molecule has 0 saturated carbocycles. The van der Waals surface area contributed by atoms with E-state index < -0.39 is 22.6 Å². The van der Waals surface area contributed by atoms with Gasteiger partial charge in [0.2, 0.25) is 5.91 Å². The molecule has 7 nitrogen and oxygen atoms in total. The number of esters is 1. The van der Waals surface area contributed by atoms with E-state index in [1.54, 1.807) is 35.7 Å². The second-order valence-electron chi connectivity index (χ2n) is 9.20. The molecule has 0 radical (unpaired) electrons. The van der Waals surface area contributed by atoms with Crippen molar-refractivity contribution in [2.45, 2.75) is 43.2 Å². The minimum atomic E-state index is -0.836. The van der Waals surface area contributed by atoms with Crippen LogP contribution < -0.4 is 4.90 Å². The Kier molecular flexibility index (Phi) is 7.04. The van der Waals surface area contributed by atoms with Crippen molar-refractivity contribution in [3.05, 3.63) is 41.4 Å². The number of fused-ring (bicyclic) bond motifs is 1. The molecule has 3 aliphatic rings. The molecular formula is C25H31ClN2O5S. The molecule has 1 aromatic carbocycles. The number of hydrogen-bond donors (Lipinski definition) is 1. The highest BCUT2D eigenvalue weighted by Crippen LogP contribution is 2.68. The van der Waals surface area contributed by atoms with Crippen LogP contribution in [0.2, 0.25) is 5.02 Å². The van der Waals surface area contributed by atoms with Gasteiger partial charge in [0.1, 0.15) is 6.04 Å². The predicted octanol–water partition coefficient (Wildman–Crippen LogP) is 3.06. The van der Waals surface area contributed by atoms with Gasteiger partial charge >= 0.3 is 5.97 Å². The van der Waals surface area contributed by atoms with Crippen LogP contribution >= 0.6 is 23.4 Å². The zero-order valence-electron chi connectivity index (χ0n) is 19.7. The van der Waals surface area contributed by atoms with Gasteiger partial charge < -0.3 is 19.6 Å².